The van der Waals surface area contributed by atoms with E-state index in [4.69, 9.17) is 14.0 Å². The SMILES string of the molecule is CCOC(=O)c1c(-c2ccc(Oc3ccccc3)cc2)noc1C. The molecule has 0 unspecified atom stereocenters. The summed E-state index contributed by atoms with van der Waals surface area (Å²) < 4.78 is 16.0. The highest BCUT2D eigenvalue weighted by atomic mass is 16.5. The molecule has 0 spiro atoms. The van der Waals surface area contributed by atoms with Crippen LogP contribution in [-0.4, -0.2) is 17.7 Å². The minimum Gasteiger partial charge on any atom is -0.462 e. The second kappa shape index (κ2) is 7.00. The minimum absolute atomic E-state index is 0.298. The Morgan fingerprint density at radius 2 is 1.71 bits per heavy atom. The smallest absolute Gasteiger partial charge is 0.344 e. The number of rotatable bonds is 5. The fraction of sp³-hybridized carbons (Fsp3) is 0.158. The van der Waals surface area contributed by atoms with Crippen LogP contribution in [0.2, 0.25) is 0 Å². The van der Waals surface area contributed by atoms with E-state index in [0.29, 0.717) is 29.4 Å². The van der Waals surface area contributed by atoms with Gasteiger partial charge < -0.3 is 14.0 Å². The molecular formula is C19H17NO4. The maximum absolute atomic E-state index is 12.1. The first-order chi connectivity index (χ1) is 11.7. The molecule has 3 aromatic rings. The zero-order valence-corrected chi connectivity index (χ0v) is 13.5. The number of aromatic nitrogens is 1. The van der Waals surface area contributed by atoms with Crippen LogP contribution in [0.5, 0.6) is 11.5 Å². The Labute approximate surface area is 139 Å². The van der Waals surface area contributed by atoms with Crippen molar-refractivity contribution in [3.8, 4) is 22.8 Å². The molecule has 0 aliphatic carbocycles. The standard InChI is InChI=1S/C19H17NO4/c1-3-22-19(21)17-13(2)24-20-18(17)14-9-11-16(12-10-14)23-15-7-5-4-6-8-15/h4-12H,3H2,1-2H3. The van der Waals surface area contributed by atoms with Crippen molar-refractivity contribution < 1.29 is 18.8 Å². The summed E-state index contributed by atoms with van der Waals surface area (Å²) in [6.45, 7) is 3.75. The van der Waals surface area contributed by atoms with Crippen LogP contribution in [-0.2, 0) is 4.74 Å². The summed E-state index contributed by atoms with van der Waals surface area (Å²) >= 11 is 0. The second-order valence-electron chi connectivity index (χ2n) is 5.12. The van der Waals surface area contributed by atoms with Crippen LogP contribution >= 0.6 is 0 Å². The Balaban J connectivity index is 1.85. The van der Waals surface area contributed by atoms with Gasteiger partial charge in [-0.1, -0.05) is 23.4 Å². The summed E-state index contributed by atoms with van der Waals surface area (Å²) in [4.78, 5) is 12.1. The van der Waals surface area contributed by atoms with Gasteiger partial charge in [0.15, 0.2) is 0 Å². The van der Waals surface area contributed by atoms with Crippen molar-refractivity contribution in [1.82, 2.24) is 5.16 Å². The van der Waals surface area contributed by atoms with Gasteiger partial charge in [-0.15, -0.1) is 0 Å². The van der Waals surface area contributed by atoms with Crippen molar-refractivity contribution in [3.05, 3.63) is 65.9 Å². The predicted molar refractivity (Wildman–Crippen MR) is 89.1 cm³/mol. The lowest BCUT2D eigenvalue weighted by Crippen LogP contribution is -2.06. The number of aryl methyl sites for hydroxylation is 1. The van der Waals surface area contributed by atoms with Crippen LogP contribution < -0.4 is 4.74 Å². The quantitative estimate of drug-likeness (QED) is 0.641. The van der Waals surface area contributed by atoms with Gasteiger partial charge in [0.1, 0.15) is 28.5 Å². The number of carbonyl (C=O) groups is 1. The molecule has 5 heteroatoms. The van der Waals surface area contributed by atoms with Crippen LogP contribution in [0, 0.1) is 6.92 Å². The summed E-state index contributed by atoms with van der Waals surface area (Å²) in [6, 6.07) is 16.8. The molecule has 2 aromatic carbocycles. The highest BCUT2D eigenvalue weighted by Crippen LogP contribution is 2.29. The lowest BCUT2D eigenvalue weighted by Gasteiger charge is -2.06. The van der Waals surface area contributed by atoms with E-state index in [1.165, 1.54) is 0 Å². The molecule has 5 nitrogen and oxygen atoms in total. The number of carbonyl (C=O) groups excluding carboxylic acids is 1. The zero-order chi connectivity index (χ0) is 16.9. The number of ether oxygens (including phenoxy) is 2. The van der Waals surface area contributed by atoms with E-state index in [1.54, 1.807) is 13.8 Å². The van der Waals surface area contributed by atoms with E-state index in [-0.39, 0.29) is 0 Å². The van der Waals surface area contributed by atoms with Crippen LogP contribution in [0.4, 0.5) is 0 Å². The molecule has 0 bridgehead atoms. The summed E-state index contributed by atoms with van der Waals surface area (Å²) in [6.07, 6.45) is 0. The van der Waals surface area contributed by atoms with Crippen LogP contribution in [0.1, 0.15) is 23.0 Å². The molecule has 24 heavy (non-hydrogen) atoms. The number of esters is 1. The molecule has 0 saturated heterocycles. The van der Waals surface area contributed by atoms with E-state index < -0.39 is 5.97 Å². The van der Waals surface area contributed by atoms with Gasteiger partial charge in [0.25, 0.3) is 0 Å². The second-order valence-corrected chi connectivity index (χ2v) is 5.12. The van der Waals surface area contributed by atoms with Gasteiger partial charge in [-0.2, -0.15) is 0 Å². The summed E-state index contributed by atoms with van der Waals surface area (Å²) in [5.74, 6) is 1.46. The third kappa shape index (κ3) is 3.30. The van der Waals surface area contributed by atoms with Crippen molar-refractivity contribution in [2.75, 3.05) is 6.61 Å². The highest BCUT2D eigenvalue weighted by molar-refractivity contribution is 5.97. The van der Waals surface area contributed by atoms with E-state index in [9.17, 15) is 4.79 Å². The van der Waals surface area contributed by atoms with Gasteiger partial charge in [-0.05, 0) is 50.2 Å². The number of nitrogens with zero attached hydrogens (tertiary/aromatic N) is 1. The number of benzene rings is 2. The predicted octanol–water partition coefficient (Wildman–Crippen LogP) is 4.62. The van der Waals surface area contributed by atoms with Gasteiger partial charge in [0.2, 0.25) is 0 Å². The molecule has 1 heterocycles. The molecule has 0 aliphatic rings. The van der Waals surface area contributed by atoms with Crippen molar-refractivity contribution in [3.63, 3.8) is 0 Å². The third-order valence-corrected chi connectivity index (χ3v) is 3.45. The molecule has 0 N–H and O–H groups in total. The van der Waals surface area contributed by atoms with Crippen molar-refractivity contribution >= 4 is 5.97 Å². The minimum atomic E-state index is -0.434. The number of hydrogen-bond donors (Lipinski definition) is 0. The molecule has 0 atom stereocenters. The number of para-hydroxylation sites is 1. The summed E-state index contributed by atoms with van der Waals surface area (Å²) in [5.41, 5.74) is 1.58. The van der Waals surface area contributed by atoms with E-state index in [1.807, 2.05) is 54.6 Å². The summed E-state index contributed by atoms with van der Waals surface area (Å²) in [7, 11) is 0. The monoisotopic (exact) mass is 323 g/mol. The van der Waals surface area contributed by atoms with Crippen LogP contribution in [0.3, 0.4) is 0 Å². The average Bonchev–Trinajstić information content (AvgIpc) is 2.98. The molecule has 122 valence electrons. The lowest BCUT2D eigenvalue weighted by atomic mass is 10.1. The maximum atomic E-state index is 12.1. The Morgan fingerprint density at radius 1 is 1.04 bits per heavy atom. The van der Waals surface area contributed by atoms with Gasteiger partial charge in [0.05, 0.1) is 6.61 Å². The Morgan fingerprint density at radius 3 is 2.38 bits per heavy atom. The third-order valence-electron chi connectivity index (χ3n) is 3.45. The first-order valence-electron chi connectivity index (χ1n) is 7.65. The van der Waals surface area contributed by atoms with Gasteiger partial charge >= 0.3 is 5.97 Å². The van der Waals surface area contributed by atoms with Crippen molar-refractivity contribution in [2.45, 2.75) is 13.8 Å². The number of hydrogen-bond acceptors (Lipinski definition) is 5. The molecule has 1 aromatic heterocycles. The van der Waals surface area contributed by atoms with E-state index in [0.717, 1.165) is 11.3 Å². The van der Waals surface area contributed by atoms with E-state index in [2.05, 4.69) is 5.16 Å². The zero-order valence-electron chi connectivity index (χ0n) is 13.5. The average molecular weight is 323 g/mol. The Hall–Kier alpha value is -3.08. The largest absolute Gasteiger partial charge is 0.462 e. The van der Waals surface area contributed by atoms with Crippen LogP contribution in [0.25, 0.3) is 11.3 Å². The molecular weight excluding hydrogens is 306 g/mol. The fourth-order valence-corrected chi connectivity index (χ4v) is 2.32. The summed E-state index contributed by atoms with van der Waals surface area (Å²) in [5, 5.41) is 3.99. The van der Waals surface area contributed by atoms with E-state index >= 15 is 0 Å². The lowest BCUT2D eigenvalue weighted by molar-refractivity contribution is 0.0525. The maximum Gasteiger partial charge on any atom is 0.344 e. The van der Waals surface area contributed by atoms with Crippen molar-refractivity contribution in [1.29, 1.82) is 0 Å². The highest BCUT2D eigenvalue weighted by Gasteiger charge is 2.22. The molecule has 3 rings (SSSR count). The first kappa shape index (κ1) is 15.8. The fourth-order valence-electron chi connectivity index (χ4n) is 2.32. The van der Waals surface area contributed by atoms with Gasteiger partial charge in [-0.3, -0.25) is 0 Å². The Bertz CT molecular complexity index is 822. The van der Waals surface area contributed by atoms with Gasteiger partial charge in [-0.25, -0.2) is 4.79 Å². The molecule has 0 saturated carbocycles. The van der Waals surface area contributed by atoms with Gasteiger partial charge in [0, 0.05) is 5.56 Å². The first-order valence-corrected chi connectivity index (χ1v) is 7.65. The molecule has 0 aliphatic heterocycles. The molecule has 0 radical (unpaired) electrons. The molecule has 0 amide bonds. The molecule has 0 fully saturated rings. The normalized spacial score (nSPS) is 10.4. The van der Waals surface area contributed by atoms with Crippen molar-refractivity contribution in [2.24, 2.45) is 0 Å². The van der Waals surface area contributed by atoms with Crippen LogP contribution in [0.15, 0.2) is 59.1 Å². The topological polar surface area (TPSA) is 61.6 Å². The Kier molecular flexibility index (Phi) is 4.61.